The van der Waals surface area contributed by atoms with E-state index >= 15 is 0 Å². The number of Topliss-reactive ketones (excluding diaryl/α,β-unsaturated/α-hetero) is 1. The van der Waals surface area contributed by atoms with Gasteiger partial charge in [0.25, 0.3) is 0 Å². The van der Waals surface area contributed by atoms with Crippen LogP contribution in [0.5, 0.6) is 0 Å². The summed E-state index contributed by atoms with van der Waals surface area (Å²) < 4.78 is 2.62. The predicted molar refractivity (Wildman–Crippen MR) is 77.1 cm³/mol. The maximum atomic E-state index is 12.0. The fraction of sp³-hybridized carbons (Fsp3) is 0.231. The highest BCUT2D eigenvalue weighted by Crippen LogP contribution is 2.34. The number of rotatable bonds is 2. The molecule has 7 heteroatoms. The number of carbonyl (C=O) groups excluding carboxylic acids is 1. The van der Waals surface area contributed by atoms with E-state index in [4.69, 9.17) is 0 Å². The van der Waals surface area contributed by atoms with Crippen LogP contribution in [0.25, 0.3) is 0 Å². The molecule has 0 fully saturated rings. The summed E-state index contributed by atoms with van der Waals surface area (Å²) in [7, 11) is 0. The average Bonchev–Trinajstić information content (AvgIpc) is 2.85. The molecule has 0 spiro atoms. The summed E-state index contributed by atoms with van der Waals surface area (Å²) in [6.07, 6.45) is 0. The Morgan fingerprint density at radius 3 is 2.70 bits per heavy atom. The van der Waals surface area contributed by atoms with Gasteiger partial charge in [-0.15, -0.1) is 0 Å². The van der Waals surface area contributed by atoms with E-state index in [-0.39, 0.29) is 11.8 Å². The van der Waals surface area contributed by atoms with E-state index < -0.39 is 0 Å². The molecule has 2 heterocycles. The maximum absolute atomic E-state index is 12.0. The number of tetrazole rings is 1. The molecule has 1 unspecified atom stereocenters. The minimum atomic E-state index is -0.299. The number of benzene rings is 1. The summed E-state index contributed by atoms with van der Waals surface area (Å²) in [6, 6.07) is 7.50. The minimum absolute atomic E-state index is 0.00377. The zero-order valence-corrected chi connectivity index (χ0v) is 12.5. The molecule has 102 valence electrons. The van der Waals surface area contributed by atoms with Crippen LogP contribution in [0.1, 0.15) is 25.5 Å². The lowest BCUT2D eigenvalue weighted by atomic mass is 9.93. The molecule has 2 aromatic rings. The van der Waals surface area contributed by atoms with Crippen molar-refractivity contribution in [2.24, 2.45) is 0 Å². The van der Waals surface area contributed by atoms with E-state index in [0.717, 1.165) is 15.7 Å². The zero-order valence-electron chi connectivity index (χ0n) is 11.0. The highest BCUT2D eigenvalue weighted by molar-refractivity contribution is 9.10. The number of allylic oxidation sites excluding steroid dienone is 2. The third-order valence-electron chi connectivity index (χ3n) is 3.28. The highest BCUT2D eigenvalue weighted by Gasteiger charge is 2.31. The first-order valence-corrected chi connectivity index (χ1v) is 6.89. The van der Waals surface area contributed by atoms with Gasteiger partial charge in [0.2, 0.25) is 5.95 Å². The molecule has 1 atom stereocenters. The van der Waals surface area contributed by atoms with Crippen LogP contribution in [0.4, 0.5) is 5.95 Å². The minimum Gasteiger partial charge on any atom is -0.327 e. The van der Waals surface area contributed by atoms with Gasteiger partial charge < -0.3 is 5.32 Å². The van der Waals surface area contributed by atoms with E-state index in [1.807, 2.05) is 31.2 Å². The summed E-state index contributed by atoms with van der Waals surface area (Å²) in [5.74, 6) is 0.546. The molecule has 1 aromatic carbocycles. The van der Waals surface area contributed by atoms with Gasteiger partial charge in [0.15, 0.2) is 5.78 Å². The summed E-state index contributed by atoms with van der Waals surface area (Å²) in [5.41, 5.74) is 2.42. The van der Waals surface area contributed by atoms with Crippen LogP contribution in [0.3, 0.4) is 0 Å². The molecule has 1 aliphatic rings. The number of hydrogen-bond acceptors (Lipinski definition) is 5. The van der Waals surface area contributed by atoms with Gasteiger partial charge in [0.05, 0.1) is 0 Å². The van der Waals surface area contributed by atoms with Crippen LogP contribution in [0.15, 0.2) is 40.0 Å². The largest absolute Gasteiger partial charge is 0.327 e. The van der Waals surface area contributed by atoms with Gasteiger partial charge in [-0.2, -0.15) is 4.68 Å². The Balaban J connectivity index is 2.19. The Bertz CT molecular complexity index is 704. The lowest BCUT2D eigenvalue weighted by Crippen LogP contribution is -2.27. The van der Waals surface area contributed by atoms with E-state index in [1.165, 1.54) is 0 Å². The van der Waals surface area contributed by atoms with Crippen molar-refractivity contribution >= 4 is 27.7 Å². The first-order chi connectivity index (χ1) is 9.58. The first kappa shape index (κ1) is 13.0. The van der Waals surface area contributed by atoms with E-state index in [2.05, 4.69) is 36.8 Å². The predicted octanol–water partition coefficient (Wildman–Crippen LogP) is 2.31. The monoisotopic (exact) mass is 333 g/mol. The van der Waals surface area contributed by atoms with Gasteiger partial charge in [0, 0.05) is 15.7 Å². The van der Waals surface area contributed by atoms with Crippen molar-refractivity contribution in [2.45, 2.75) is 19.9 Å². The van der Waals surface area contributed by atoms with Crippen molar-refractivity contribution in [3.63, 3.8) is 0 Å². The van der Waals surface area contributed by atoms with Gasteiger partial charge in [0.1, 0.15) is 6.04 Å². The summed E-state index contributed by atoms with van der Waals surface area (Å²) >= 11 is 3.41. The van der Waals surface area contributed by atoms with Crippen molar-refractivity contribution < 1.29 is 4.79 Å². The van der Waals surface area contributed by atoms with Crippen molar-refractivity contribution in [2.75, 3.05) is 5.32 Å². The van der Waals surface area contributed by atoms with Gasteiger partial charge in [-0.1, -0.05) is 33.2 Å². The SMILES string of the molecule is CC(=O)C1=C(C)Nc2nnnn2C1c1ccc(Br)cc1. The van der Waals surface area contributed by atoms with Gasteiger partial charge in [-0.25, -0.2) is 0 Å². The molecule has 0 bridgehead atoms. The standard InChI is InChI=1S/C13H12BrN5O/c1-7-11(8(2)20)12(9-3-5-10(14)6-4-9)19-13(15-7)16-17-18-19/h3-6,12H,1-2H3,(H,15,16,18). The third-order valence-corrected chi connectivity index (χ3v) is 3.81. The van der Waals surface area contributed by atoms with Gasteiger partial charge in [-0.05, 0) is 42.0 Å². The summed E-state index contributed by atoms with van der Waals surface area (Å²) in [6.45, 7) is 3.42. The molecule has 0 aliphatic carbocycles. The van der Waals surface area contributed by atoms with Crippen LogP contribution >= 0.6 is 15.9 Å². The Morgan fingerprint density at radius 1 is 1.35 bits per heavy atom. The van der Waals surface area contributed by atoms with Crippen molar-refractivity contribution in [3.05, 3.63) is 45.6 Å². The fourth-order valence-corrected chi connectivity index (χ4v) is 2.69. The number of carbonyl (C=O) groups is 1. The normalized spacial score (nSPS) is 17.6. The van der Waals surface area contributed by atoms with E-state index in [0.29, 0.717) is 11.5 Å². The molecule has 1 aromatic heterocycles. The van der Waals surface area contributed by atoms with Crippen LogP contribution < -0.4 is 5.32 Å². The van der Waals surface area contributed by atoms with Crippen LogP contribution in [-0.4, -0.2) is 26.0 Å². The summed E-state index contributed by atoms with van der Waals surface area (Å²) in [5, 5.41) is 14.7. The van der Waals surface area contributed by atoms with Gasteiger partial charge in [-0.3, -0.25) is 4.79 Å². The Kier molecular flexibility index (Phi) is 3.13. The molecule has 0 saturated carbocycles. The molecular weight excluding hydrogens is 322 g/mol. The molecule has 0 saturated heterocycles. The topological polar surface area (TPSA) is 72.7 Å². The fourth-order valence-electron chi connectivity index (χ4n) is 2.42. The first-order valence-electron chi connectivity index (χ1n) is 6.10. The maximum Gasteiger partial charge on any atom is 0.248 e. The van der Waals surface area contributed by atoms with Crippen LogP contribution in [0, 0.1) is 0 Å². The third kappa shape index (κ3) is 2.03. The highest BCUT2D eigenvalue weighted by atomic mass is 79.9. The molecule has 3 rings (SSSR count). The number of anilines is 1. The number of fused-ring (bicyclic) bond motifs is 1. The van der Waals surface area contributed by atoms with Crippen molar-refractivity contribution in [3.8, 4) is 0 Å². The van der Waals surface area contributed by atoms with Crippen LogP contribution in [-0.2, 0) is 4.79 Å². The number of halogens is 1. The molecule has 0 amide bonds. The quantitative estimate of drug-likeness (QED) is 0.912. The molecule has 6 nitrogen and oxygen atoms in total. The second kappa shape index (κ2) is 4.82. The Hall–Kier alpha value is -2.02. The molecular formula is C13H12BrN5O. The lowest BCUT2D eigenvalue weighted by Gasteiger charge is -2.27. The van der Waals surface area contributed by atoms with Crippen molar-refractivity contribution in [1.82, 2.24) is 20.2 Å². The van der Waals surface area contributed by atoms with Gasteiger partial charge >= 0.3 is 0 Å². The number of ketones is 1. The number of nitrogens with one attached hydrogen (secondary N) is 1. The average molecular weight is 334 g/mol. The number of aromatic nitrogens is 4. The van der Waals surface area contributed by atoms with Crippen LogP contribution in [0.2, 0.25) is 0 Å². The Morgan fingerprint density at radius 2 is 2.05 bits per heavy atom. The van der Waals surface area contributed by atoms with Crippen molar-refractivity contribution in [1.29, 1.82) is 0 Å². The Labute approximate surface area is 124 Å². The second-order valence-electron chi connectivity index (χ2n) is 4.62. The number of nitrogens with zero attached hydrogens (tertiary/aromatic N) is 4. The summed E-state index contributed by atoms with van der Waals surface area (Å²) in [4.78, 5) is 12.0. The van der Waals surface area contributed by atoms with E-state index in [1.54, 1.807) is 11.6 Å². The lowest BCUT2D eigenvalue weighted by molar-refractivity contribution is -0.114. The molecule has 1 aliphatic heterocycles. The zero-order chi connectivity index (χ0) is 14.3. The molecule has 1 N–H and O–H groups in total. The molecule has 20 heavy (non-hydrogen) atoms. The smallest absolute Gasteiger partial charge is 0.248 e. The molecule has 0 radical (unpaired) electrons. The van der Waals surface area contributed by atoms with E-state index in [9.17, 15) is 4.79 Å². The number of hydrogen-bond donors (Lipinski definition) is 1. The second-order valence-corrected chi connectivity index (χ2v) is 5.54.